The molecular weight excluding hydrogens is 362 g/mol. The van der Waals surface area contributed by atoms with Gasteiger partial charge in [0.2, 0.25) is 6.79 Å². The Bertz CT molecular complexity index is 776. The highest BCUT2D eigenvalue weighted by Gasteiger charge is 2.42. The summed E-state index contributed by atoms with van der Waals surface area (Å²) >= 11 is 6.39. The number of carbonyl (C=O) groups is 2. The lowest BCUT2D eigenvalue weighted by atomic mass is 9.98. The van der Waals surface area contributed by atoms with Crippen molar-refractivity contribution in [2.24, 2.45) is 5.92 Å². The third-order valence-electron chi connectivity index (χ3n) is 4.23. The monoisotopic (exact) mass is 379 g/mol. The van der Waals surface area contributed by atoms with E-state index < -0.39 is 12.0 Å². The molecule has 25 heavy (non-hydrogen) atoms. The summed E-state index contributed by atoms with van der Waals surface area (Å²) in [7, 11) is 0. The first-order valence-corrected chi connectivity index (χ1v) is 9.04. The maximum absolute atomic E-state index is 12.8. The van der Waals surface area contributed by atoms with Crippen molar-refractivity contribution in [2.75, 3.05) is 6.79 Å². The lowest BCUT2D eigenvalue weighted by molar-refractivity contribution is -0.147. The average Bonchev–Trinajstić information content (AvgIpc) is 3.14. The van der Waals surface area contributed by atoms with Crippen LogP contribution in [-0.4, -0.2) is 39.0 Å². The van der Waals surface area contributed by atoms with Crippen LogP contribution in [0.25, 0.3) is 6.08 Å². The van der Waals surface area contributed by atoms with E-state index in [2.05, 4.69) is 0 Å². The van der Waals surface area contributed by atoms with Crippen LogP contribution >= 0.6 is 24.0 Å². The summed E-state index contributed by atoms with van der Waals surface area (Å²) in [5.41, 5.74) is 0.764. The number of hydrogen-bond donors (Lipinski definition) is 1. The van der Waals surface area contributed by atoms with E-state index in [0.29, 0.717) is 22.8 Å². The summed E-state index contributed by atoms with van der Waals surface area (Å²) in [6.07, 6.45) is 2.33. The number of amides is 1. The second kappa shape index (κ2) is 7.05. The van der Waals surface area contributed by atoms with E-state index in [-0.39, 0.29) is 22.9 Å². The molecule has 3 rings (SSSR count). The van der Waals surface area contributed by atoms with Crippen molar-refractivity contribution in [3.05, 3.63) is 28.7 Å². The number of thiocarbonyl (C=S) groups is 1. The molecule has 0 aliphatic carbocycles. The van der Waals surface area contributed by atoms with Crippen molar-refractivity contribution in [1.29, 1.82) is 0 Å². The van der Waals surface area contributed by atoms with Gasteiger partial charge in [-0.25, -0.2) is 4.79 Å². The average molecular weight is 379 g/mol. The lowest BCUT2D eigenvalue weighted by Crippen LogP contribution is -2.47. The van der Waals surface area contributed by atoms with Gasteiger partial charge in [0.15, 0.2) is 11.5 Å². The number of carboxylic acid groups (broad SMARTS) is 1. The Morgan fingerprint density at radius 1 is 1.44 bits per heavy atom. The zero-order chi connectivity index (χ0) is 18.1. The minimum atomic E-state index is -1.05. The zero-order valence-electron chi connectivity index (χ0n) is 13.7. The third kappa shape index (κ3) is 3.36. The molecule has 2 aliphatic rings. The molecule has 1 aromatic rings. The smallest absolute Gasteiger partial charge is 0.327 e. The fraction of sp³-hybridized carbons (Fsp3) is 0.353. The highest BCUT2D eigenvalue weighted by molar-refractivity contribution is 8.26. The minimum Gasteiger partial charge on any atom is -0.480 e. The van der Waals surface area contributed by atoms with Gasteiger partial charge in [0.05, 0.1) is 4.91 Å². The number of fused-ring (bicyclic) bond motifs is 1. The van der Waals surface area contributed by atoms with Crippen LogP contribution in [0.2, 0.25) is 0 Å². The molecule has 0 spiro atoms. The topological polar surface area (TPSA) is 76.1 Å². The first-order chi connectivity index (χ1) is 11.9. The summed E-state index contributed by atoms with van der Waals surface area (Å²) in [5.74, 6) is -0.347. The Balaban J connectivity index is 1.89. The Hall–Kier alpha value is -2.06. The summed E-state index contributed by atoms with van der Waals surface area (Å²) in [4.78, 5) is 26.0. The van der Waals surface area contributed by atoms with Crippen molar-refractivity contribution in [2.45, 2.75) is 26.3 Å². The van der Waals surface area contributed by atoms with E-state index in [1.807, 2.05) is 13.0 Å². The molecule has 0 radical (unpaired) electrons. The number of nitrogens with zero attached hydrogens (tertiary/aromatic N) is 1. The number of ether oxygens (including phenoxy) is 2. The Morgan fingerprint density at radius 2 is 2.16 bits per heavy atom. The van der Waals surface area contributed by atoms with Gasteiger partial charge in [-0.3, -0.25) is 9.69 Å². The summed E-state index contributed by atoms with van der Waals surface area (Å²) < 4.78 is 10.9. The molecule has 0 saturated carbocycles. The van der Waals surface area contributed by atoms with Crippen molar-refractivity contribution in [3.63, 3.8) is 0 Å². The number of rotatable bonds is 5. The van der Waals surface area contributed by atoms with Crippen molar-refractivity contribution < 1.29 is 24.2 Å². The normalized spacial score (nSPS) is 20.2. The highest BCUT2D eigenvalue weighted by atomic mass is 32.2. The van der Waals surface area contributed by atoms with Crippen molar-refractivity contribution >= 4 is 46.3 Å². The second-order valence-electron chi connectivity index (χ2n) is 5.83. The van der Waals surface area contributed by atoms with Gasteiger partial charge in [-0.15, -0.1) is 0 Å². The van der Waals surface area contributed by atoms with Crippen LogP contribution in [0.5, 0.6) is 11.5 Å². The molecule has 8 heteroatoms. The molecule has 0 unspecified atom stereocenters. The Labute approximate surface area is 154 Å². The van der Waals surface area contributed by atoms with Gasteiger partial charge >= 0.3 is 5.97 Å². The largest absolute Gasteiger partial charge is 0.480 e. The van der Waals surface area contributed by atoms with E-state index in [4.69, 9.17) is 21.7 Å². The minimum absolute atomic E-state index is 0.177. The fourth-order valence-corrected chi connectivity index (χ4v) is 4.03. The summed E-state index contributed by atoms with van der Waals surface area (Å²) in [5, 5.41) is 9.54. The molecular formula is C17H17NO5S2. The fourth-order valence-electron chi connectivity index (χ4n) is 2.71. The number of carboxylic acids is 1. The lowest BCUT2D eigenvalue weighted by Gasteiger charge is -2.27. The van der Waals surface area contributed by atoms with Gasteiger partial charge in [-0.2, -0.15) is 0 Å². The molecule has 0 aromatic heterocycles. The van der Waals surface area contributed by atoms with Crippen LogP contribution < -0.4 is 9.47 Å². The molecule has 1 N–H and O–H groups in total. The predicted octanol–water partition coefficient (Wildman–Crippen LogP) is 3.12. The molecule has 1 aromatic carbocycles. The van der Waals surface area contributed by atoms with E-state index in [1.165, 1.54) is 4.90 Å². The van der Waals surface area contributed by atoms with E-state index in [9.17, 15) is 14.7 Å². The first kappa shape index (κ1) is 17.8. The van der Waals surface area contributed by atoms with Gasteiger partial charge in [0.1, 0.15) is 10.4 Å². The van der Waals surface area contributed by atoms with Crippen molar-refractivity contribution in [3.8, 4) is 11.5 Å². The van der Waals surface area contributed by atoms with Crippen LogP contribution in [0.15, 0.2) is 23.1 Å². The van der Waals surface area contributed by atoms with Gasteiger partial charge in [0.25, 0.3) is 5.91 Å². The molecule has 2 aliphatic heterocycles. The van der Waals surface area contributed by atoms with Crippen LogP contribution in [0, 0.1) is 5.92 Å². The third-order valence-corrected chi connectivity index (χ3v) is 5.56. The van der Waals surface area contributed by atoms with Gasteiger partial charge in [-0.1, -0.05) is 50.3 Å². The first-order valence-electron chi connectivity index (χ1n) is 7.82. The molecule has 2 atom stereocenters. The molecule has 1 saturated heterocycles. The predicted molar refractivity (Wildman–Crippen MR) is 98.5 cm³/mol. The summed E-state index contributed by atoms with van der Waals surface area (Å²) in [6, 6.07) is 4.40. The maximum Gasteiger partial charge on any atom is 0.327 e. The highest BCUT2D eigenvalue weighted by Crippen LogP contribution is 2.38. The van der Waals surface area contributed by atoms with Gasteiger partial charge in [-0.05, 0) is 29.7 Å². The number of aliphatic carboxylic acids is 1. The number of benzene rings is 1. The van der Waals surface area contributed by atoms with Gasteiger partial charge < -0.3 is 14.6 Å². The van der Waals surface area contributed by atoms with E-state index in [1.54, 1.807) is 25.1 Å². The molecule has 2 heterocycles. The second-order valence-corrected chi connectivity index (χ2v) is 7.51. The van der Waals surface area contributed by atoms with E-state index in [0.717, 1.165) is 17.3 Å². The van der Waals surface area contributed by atoms with Crippen LogP contribution in [0.1, 0.15) is 25.8 Å². The van der Waals surface area contributed by atoms with Crippen LogP contribution in [-0.2, 0) is 9.59 Å². The maximum atomic E-state index is 12.8. The molecule has 132 valence electrons. The Kier molecular flexibility index (Phi) is 5.01. The van der Waals surface area contributed by atoms with Crippen LogP contribution in [0.4, 0.5) is 0 Å². The standard InChI is InChI=1S/C17H17NO5S2/c1-3-9(2)14(16(20)21)18-15(19)13(25-17(18)24)7-10-4-5-11-12(6-10)23-8-22-11/h4-7,9,14H,3,8H2,1-2H3,(H,20,21)/b13-7-/t9-,14+/m0/s1. The summed E-state index contributed by atoms with van der Waals surface area (Å²) in [6.45, 7) is 3.87. The van der Waals surface area contributed by atoms with Crippen LogP contribution in [0.3, 0.4) is 0 Å². The molecule has 6 nitrogen and oxygen atoms in total. The van der Waals surface area contributed by atoms with E-state index >= 15 is 0 Å². The number of carbonyl (C=O) groups excluding carboxylic acids is 1. The quantitative estimate of drug-likeness (QED) is 0.622. The SMILES string of the molecule is CC[C@H](C)[C@H](C(=O)O)N1C(=O)/C(=C/c2ccc3c(c2)OCO3)SC1=S. The van der Waals surface area contributed by atoms with Crippen molar-refractivity contribution in [1.82, 2.24) is 4.90 Å². The number of thioether (sulfide) groups is 1. The Morgan fingerprint density at radius 3 is 2.84 bits per heavy atom. The molecule has 1 fully saturated rings. The zero-order valence-corrected chi connectivity index (χ0v) is 15.4. The molecule has 0 bridgehead atoms. The van der Waals surface area contributed by atoms with Gasteiger partial charge in [0, 0.05) is 0 Å². The number of hydrogen-bond acceptors (Lipinski definition) is 6. The molecule has 1 amide bonds.